The van der Waals surface area contributed by atoms with Gasteiger partial charge in [0, 0.05) is 18.2 Å². The maximum absolute atomic E-state index is 9.92. The van der Waals surface area contributed by atoms with Gasteiger partial charge in [0.05, 0.1) is 6.61 Å². The third kappa shape index (κ3) is 3.59. The van der Waals surface area contributed by atoms with Crippen LogP contribution in [0.4, 0.5) is 0 Å². The molecular weight excluding hydrogens is 250 g/mol. The number of phenols is 1. The fourth-order valence-corrected chi connectivity index (χ4v) is 2.34. The van der Waals surface area contributed by atoms with Crippen LogP contribution in [-0.2, 0) is 13.2 Å². The van der Waals surface area contributed by atoms with E-state index in [2.05, 4.69) is 12.2 Å². The number of aliphatic hydroxyl groups is 1. The quantitative estimate of drug-likeness (QED) is 0.756. The Bertz CT molecular complexity index is 554. The molecule has 20 heavy (non-hydrogen) atoms. The van der Waals surface area contributed by atoms with E-state index in [9.17, 15) is 5.11 Å². The maximum Gasteiger partial charge on any atom is 0.120 e. The predicted molar refractivity (Wildman–Crippen MR) is 80.3 cm³/mol. The van der Waals surface area contributed by atoms with Crippen LogP contribution in [0, 0.1) is 0 Å². The summed E-state index contributed by atoms with van der Waals surface area (Å²) in [6, 6.07) is 15.4. The van der Waals surface area contributed by atoms with Crippen LogP contribution in [0.15, 0.2) is 48.5 Å². The molecule has 2 aromatic carbocycles. The highest BCUT2D eigenvalue weighted by atomic mass is 16.3. The largest absolute Gasteiger partial charge is 0.508 e. The lowest BCUT2D eigenvalue weighted by Crippen LogP contribution is -2.20. The zero-order chi connectivity index (χ0) is 14.4. The van der Waals surface area contributed by atoms with Crippen molar-refractivity contribution in [2.75, 3.05) is 0 Å². The highest BCUT2D eigenvalue weighted by molar-refractivity contribution is 5.34. The van der Waals surface area contributed by atoms with Gasteiger partial charge in [0.25, 0.3) is 0 Å². The van der Waals surface area contributed by atoms with Crippen LogP contribution in [0.25, 0.3) is 0 Å². The molecule has 0 fully saturated rings. The number of aliphatic hydroxyl groups excluding tert-OH is 1. The molecule has 0 aromatic heterocycles. The summed E-state index contributed by atoms with van der Waals surface area (Å²) in [5.74, 6) is 0.330. The first-order chi connectivity index (χ1) is 9.74. The molecule has 106 valence electrons. The van der Waals surface area contributed by atoms with Gasteiger partial charge < -0.3 is 15.5 Å². The average molecular weight is 271 g/mol. The Hall–Kier alpha value is -1.84. The smallest absolute Gasteiger partial charge is 0.120 e. The SMILES string of the molecule is CCC(NCc1cccc(CO)c1)c1ccccc1O. The van der Waals surface area contributed by atoms with Crippen LogP contribution in [0.1, 0.15) is 36.1 Å². The number of rotatable bonds is 6. The van der Waals surface area contributed by atoms with Crippen LogP contribution >= 0.6 is 0 Å². The van der Waals surface area contributed by atoms with E-state index in [4.69, 9.17) is 5.11 Å². The van der Waals surface area contributed by atoms with Gasteiger partial charge in [-0.1, -0.05) is 49.4 Å². The first-order valence-electron chi connectivity index (χ1n) is 6.94. The summed E-state index contributed by atoms with van der Waals surface area (Å²) >= 11 is 0. The fraction of sp³-hybridized carbons (Fsp3) is 0.294. The van der Waals surface area contributed by atoms with E-state index in [-0.39, 0.29) is 12.6 Å². The summed E-state index contributed by atoms with van der Waals surface area (Å²) in [7, 11) is 0. The zero-order valence-electron chi connectivity index (χ0n) is 11.7. The summed E-state index contributed by atoms with van der Waals surface area (Å²) in [6.07, 6.45) is 0.900. The van der Waals surface area contributed by atoms with E-state index < -0.39 is 0 Å². The number of benzene rings is 2. The molecule has 2 aromatic rings. The van der Waals surface area contributed by atoms with E-state index in [1.807, 2.05) is 42.5 Å². The number of hydrogen-bond acceptors (Lipinski definition) is 3. The number of nitrogens with one attached hydrogen (secondary N) is 1. The molecule has 0 aliphatic carbocycles. The third-order valence-corrected chi connectivity index (χ3v) is 3.45. The second kappa shape index (κ2) is 7.08. The van der Waals surface area contributed by atoms with Crippen molar-refractivity contribution in [1.82, 2.24) is 5.32 Å². The van der Waals surface area contributed by atoms with Crippen LogP contribution in [0.5, 0.6) is 5.75 Å². The molecule has 0 saturated heterocycles. The number of hydrogen-bond donors (Lipinski definition) is 3. The first kappa shape index (κ1) is 14.6. The van der Waals surface area contributed by atoms with E-state index in [0.717, 1.165) is 23.1 Å². The van der Waals surface area contributed by atoms with Crippen LogP contribution < -0.4 is 5.32 Å². The standard InChI is InChI=1S/C17H21NO2/c1-2-16(15-8-3-4-9-17(15)20)18-11-13-6-5-7-14(10-13)12-19/h3-10,16,18-20H,2,11-12H2,1H3. The molecule has 3 nitrogen and oxygen atoms in total. The molecule has 1 atom stereocenters. The van der Waals surface area contributed by atoms with Gasteiger partial charge in [-0.05, 0) is 23.6 Å². The molecule has 0 aliphatic heterocycles. The molecule has 3 N–H and O–H groups in total. The zero-order valence-corrected chi connectivity index (χ0v) is 11.7. The lowest BCUT2D eigenvalue weighted by atomic mass is 10.0. The second-order valence-electron chi connectivity index (χ2n) is 4.88. The normalized spacial score (nSPS) is 12.3. The van der Waals surface area contributed by atoms with Gasteiger partial charge in [0.1, 0.15) is 5.75 Å². The molecule has 1 unspecified atom stereocenters. The summed E-state index contributed by atoms with van der Waals surface area (Å²) in [5, 5.41) is 22.5. The minimum Gasteiger partial charge on any atom is -0.508 e. The molecule has 0 spiro atoms. The minimum atomic E-state index is 0.0600. The Morgan fingerprint density at radius 1 is 1.05 bits per heavy atom. The van der Waals surface area contributed by atoms with Crippen molar-refractivity contribution in [2.24, 2.45) is 0 Å². The molecule has 3 heteroatoms. The monoisotopic (exact) mass is 271 g/mol. The van der Waals surface area contributed by atoms with E-state index in [1.165, 1.54) is 0 Å². The summed E-state index contributed by atoms with van der Waals surface area (Å²) in [5.41, 5.74) is 2.97. The number of phenolic OH excluding ortho intramolecular Hbond substituents is 1. The van der Waals surface area contributed by atoms with E-state index in [0.29, 0.717) is 12.3 Å². The van der Waals surface area contributed by atoms with Gasteiger partial charge >= 0.3 is 0 Å². The predicted octanol–water partition coefficient (Wildman–Crippen LogP) is 3.13. The van der Waals surface area contributed by atoms with Crippen molar-refractivity contribution in [3.63, 3.8) is 0 Å². The molecule has 0 radical (unpaired) electrons. The number of aromatic hydroxyl groups is 1. The Balaban J connectivity index is 2.06. The van der Waals surface area contributed by atoms with E-state index in [1.54, 1.807) is 6.07 Å². The van der Waals surface area contributed by atoms with Gasteiger partial charge in [-0.3, -0.25) is 0 Å². The van der Waals surface area contributed by atoms with Gasteiger partial charge in [-0.15, -0.1) is 0 Å². The van der Waals surface area contributed by atoms with Crippen molar-refractivity contribution < 1.29 is 10.2 Å². The third-order valence-electron chi connectivity index (χ3n) is 3.45. The highest BCUT2D eigenvalue weighted by Gasteiger charge is 2.12. The molecule has 0 aliphatic rings. The molecule has 0 bridgehead atoms. The van der Waals surface area contributed by atoms with Crippen molar-refractivity contribution in [3.05, 3.63) is 65.2 Å². The Labute approximate surface area is 119 Å². The highest BCUT2D eigenvalue weighted by Crippen LogP contribution is 2.26. The summed E-state index contributed by atoms with van der Waals surface area (Å²) < 4.78 is 0. The van der Waals surface area contributed by atoms with Gasteiger partial charge in [-0.2, -0.15) is 0 Å². The molecular formula is C17H21NO2. The van der Waals surface area contributed by atoms with Gasteiger partial charge in [0.15, 0.2) is 0 Å². The Morgan fingerprint density at radius 3 is 2.50 bits per heavy atom. The summed E-state index contributed by atoms with van der Waals surface area (Å²) in [4.78, 5) is 0. The van der Waals surface area contributed by atoms with Crippen molar-refractivity contribution in [1.29, 1.82) is 0 Å². The average Bonchev–Trinajstić information content (AvgIpc) is 2.49. The molecule has 0 amide bonds. The topological polar surface area (TPSA) is 52.5 Å². The van der Waals surface area contributed by atoms with Crippen molar-refractivity contribution in [2.45, 2.75) is 32.5 Å². The van der Waals surface area contributed by atoms with Crippen LogP contribution in [-0.4, -0.2) is 10.2 Å². The Morgan fingerprint density at radius 2 is 1.80 bits per heavy atom. The van der Waals surface area contributed by atoms with Crippen molar-refractivity contribution >= 4 is 0 Å². The lowest BCUT2D eigenvalue weighted by molar-refractivity contribution is 0.281. The first-order valence-corrected chi connectivity index (χ1v) is 6.94. The second-order valence-corrected chi connectivity index (χ2v) is 4.88. The molecule has 0 heterocycles. The van der Waals surface area contributed by atoms with Crippen molar-refractivity contribution in [3.8, 4) is 5.75 Å². The van der Waals surface area contributed by atoms with Crippen LogP contribution in [0.2, 0.25) is 0 Å². The summed E-state index contributed by atoms with van der Waals surface area (Å²) in [6.45, 7) is 2.86. The minimum absolute atomic E-state index is 0.0600. The molecule has 2 rings (SSSR count). The van der Waals surface area contributed by atoms with Gasteiger partial charge in [-0.25, -0.2) is 0 Å². The van der Waals surface area contributed by atoms with Crippen LogP contribution in [0.3, 0.4) is 0 Å². The number of para-hydroxylation sites is 1. The lowest BCUT2D eigenvalue weighted by Gasteiger charge is -2.18. The maximum atomic E-state index is 9.92. The Kier molecular flexibility index (Phi) is 5.16. The van der Waals surface area contributed by atoms with E-state index >= 15 is 0 Å². The molecule has 0 saturated carbocycles. The fourth-order valence-electron chi connectivity index (χ4n) is 2.34. The van der Waals surface area contributed by atoms with Gasteiger partial charge in [0.2, 0.25) is 0 Å².